The van der Waals surface area contributed by atoms with Gasteiger partial charge in [-0.05, 0) is 37.8 Å². The summed E-state index contributed by atoms with van der Waals surface area (Å²) in [6, 6.07) is 4.22. The Balaban J connectivity index is 1.81. The van der Waals surface area contributed by atoms with Gasteiger partial charge in [-0.3, -0.25) is 0 Å². The second-order valence-corrected chi connectivity index (χ2v) is 7.66. The summed E-state index contributed by atoms with van der Waals surface area (Å²) in [6.07, 6.45) is 5.92. The minimum atomic E-state index is 0.263. The number of nitrogens with zero attached hydrogens (tertiary/aromatic N) is 3. The number of pyridine rings is 1. The Morgan fingerprint density at radius 3 is 2.85 bits per heavy atom. The number of morpholine rings is 1. The van der Waals surface area contributed by atoms with E-state index in [1.165, 1.54) is 19.3 Å². The Morgan fingerprint density at radius 2 is 2.19 bits per heavy atom. The average molecular weight is 376 g/mol. The van der Waals surface area contributed by atoms with Gasteiger partial charge in [-0.15, -0.1) is 0 Å². The van der Waals surface area contributed by atoms with Crippen LogP contribution in [-0.4, -0.2) is 49.8 Å². The number of anilines is 1. The van der Waals surface area contributed by atoms with Crippen molar-refractivity contribution < 1.29 is 4.74 Å². The molecule has 0 saturated carbocycles. The van der Waals surface area contributed by atoms with Crippen LogP contribution in [0, 0.1) is 5.92 Å². The van der Waals surface area contributed by atoms with Crippen molar-refractivity contribution in [2.24, 2.45) is 10.9 Å². The lowest BCUT2D eigenvalue weighted by molar-refractivity contribution is 0.0529. The standard InChI is InChI=1S/C21H37N5O/c1-5-22-21(23-11-7-6-8-17(2)3)25-15-19-9-10-20(24-14-19)26-12-13-27-18(4)16-26/h9-10,14,17-18H,5-8,11-13,15-16H2,1-4H3,(H2,22,23,25). The first-order chi connectivity index (χ1) is 13.1. The van der Waals surface area contributed by atoms with Crippen molar-refractivity contribution in [1.29, 1.82) is 0 Å². The van der Waals surface area contributed by atoms with E-state index in [4.69, 9.17) is 9.73 Å². The Labute approximate surface area is 164 Å². The number of unbranched alkanes of at least 4 members (excludes halogenated alkanes) is 1. The van der Waals surface area contributed by atoms with E-state index in [0.717, 1.165) is 56.0 Å². The highest BCUT2D eigenvalue weighted by atomic mass is 16.5. The molecule has 0 spiro atoms. The van der Waals surface area contributed by atoms with Gasteiger partial charge in [0.15, 0.2) is 5.96 Å². The molecular formula is C21H37N5O. The van der Waals surface area contributed by atoms with E-state index in [2.05, 4.69) is 60.3 Å². The predicted octanol–water partition coefficient (Wildman–Crippen LogP) is 3.19. The number of hydrogen-bond acceptors (Lipinski definition) is 4. The molecule has 1 atom stereocenters. The van der Waals surface area contributed by atoms with Gasteiger partial charge >= 0.3 is 0 Å². The fourth-order valence-corrected chi connectivity index (χ4v) is 3.12. The van der Waals surface area contributed by atoms with Gasteiger partial charge < -0.3 is 20.3 Å². The summed E-state index contributed by atoms with van der Waals surface area (Å²) in [5.41, 5.74) is 1.12. The highest BCUT2D eigenvalue weighted by molar-refractivity contribution is 5.79. The van der Waals surface area contributed by atoms with Gasteiger partial charge in [-0.1, -0.05) is 32.8 Å². The van der Waals surface area contributed by atoms with E-state index in [-0.39, 0.29) is 6.10 Å². The van der Waals surface area contributed by atoms with Crippen LogP contribution in [0.15, 0.2) is 23.3 Å². The van der Waals surface area contributed by atoms with Crippen molar-refractivity contribution >= 4 is 11.8 Å². The summed E-state index contributed by atoms with van der Waals surface area (Å²) >= 11 is 0. The van der Waals surface area contributed by atoms with E-state index in [0.29, 0.717) is 6.54 Å². The molecule has 1 saturated heterocycles. The van der Waals surface area contributed by atoms with E-state index in [1.807, 2.05) is 6.20 Å². The van der Waals surface area contributed by atoms with E-state index < -0.39 is 0 Å². The predicted molar refractivity (Wildman–Crippen MR) is 113 cm³/mol. The van der Waals surface area contributed by atoms with Crippen molar-refractivity contribution in [3.63, 3.8) is 0 Å². The van der Waals surface area contributed by atoms with Gasteiger partial charge in [0, 0.05) is 32.4 Å². The van der Waals surface area contributed by atoms with Crippen LogP contribution in [0.2, 0.25) is 0 Å². The van der Waals surface area contributed by atoms with E-state index >= 15 is 0 Å². The minimum absolute atomic E-state index is 0.263. The van der Waals surface area contributed by atoms with Crippen LogP contribution in [0.1, 0.15) is 52.5 Å². The van der Waals surface area contributed by atoms with Gasteiger partial charge in [0.2, 0.25) is 0 Å². The number of aromatic nitrogens is 1. The molecule has 6 nitrogen and oxygen atoms in total. The second kappa shape index (κ2) is 11.8. The summed E-state index contributed by atoms with van der Waals surface area (Å²) in [4.78, 5) is 11.6. The average Bonchev–Trinajstić information content (AvgIpc) is 2.66. The van der Waals surface area contributed by atoms with Gasteiger partial charge in [-0.25, -0.2) is 9.98 Å². The summed E-state index contributed by atoms with van der Waals surface area (Å²) in [5, 5.41) is 6.75. The van der Waals surface area contributed by atoms with Crippen LogP contribution in [0.25, 0.3) is 0 Å². The molecule has 0 aliphatic carbocycles. The molecule has 0 aromatic carbocycles. The lowest BCUT2D eigenvalue weighted by Gasteiger charge is -2.32. The zero-order chi connectivity index (χ0) is 19.5. The molecule has 2 heterocycles. The summed E-state index contributed by atoms with van der Waals surface area (Å²) < 4.78 is 5.60. The van der Waals surface area contributed by atoms with Crippen LogP contribution < -0.4 is 15.5 Å². The molecule has 1 aliphatic heterocycles. The molecule has 0 amide bonds. The molecule has 1 unspecified atom stereocenters. The van der Waals surface area contributed by atoms with Crippen LogP contribution >= 0.6 is 0 Å². The van der Waals surface area contributed by atoms with Gasteiger partial charge in [0.05, 0.1) is 19.3 Å². The zero-order valence-electron chi connectivity index (χ0n) is 17.5. The molecular weight excluding hydrogens is 338 g/mol. The van der Waals surface area contributed by atoms with Crippen molar-refractivity contribution in [3.05, 3.63) is 23.9 Å². The van der Waals surface area contributed by atoms with Crippen molar-refractivity contribution in [2.45, 2.75) is 59.6 Å². The Bertz CT molecular complexity index is 558. The highest BCUT2D eigenvalue weighted by Gasteiger charge is 2.17. The SMILES string of the molecule is CCNC(=NCc1ccc(N2CCOC(C)C2)nc1)NCCCCC(C)C. The van der Waals surface area contributed by atoms with Gasteiger partial charge in [0.1, 0.15) is 5.82 Å². The summed E-state index contributed by atoms with van der Waals surface area (Å²) in [5.74, 6) is 2.68. The van der Waals surface area contributed by atoms with Crippen molar-refractivity contribution in [3.8, 4) is 0 Å². The van der Waals surface area contributed by atoms with Gasteiger partial charge in [-0.2, -0.15) is 0 Å². The Hall–Kier alpha value is -1.82. The minimum Gasteiger partial charge on any atom is -0.375 e. The smallest absolute Gasteiger partial charge is 0.191 e. The maximum absolute atomic E-state index is 5.60. The number of guanidine groups is 1. The largest absolute Gasteiger partial charge is 0.375 e. The molecule has 1 aromatic heterocycles. The molecule has 0 bridgehead atoms. The van der Waals surface area contributed by atoms with Crippen LogP contribution in [0.3, 0.4) is 0 Å². The molecule has 6 heteroatoms. The number of aliphatic imine (C=N–C) groups is 1. The Morgan fingerprint density at radius 1 is 1.33 bits per heavy atom. The quantitative estimate of drug-likeness (QED) is 0.394. The maximum Gasteiger partial charge on any atom is 0.191 e. The molecule has 2 rings (SSSR count). The van der Waals surface area contributed by atoms with E-state index in [1.54, 1.807) is 0 Å². The van der Waals surface area contributed by atoms with Crippen molar-refractivity contribution in [1.82, 2.24) is 15.6 Å². The molecule has 2 N–H and O–H groups in total. The third kappa shape index (κ3) is 8.16. The molecule has 1 aliphatic rings. The number of rotatable bonds is 9. The number of ether oxygens (including phenoxy) is 1. The fraction of sp³-hybridized carbons (Fsp3) is 0.714. The third-order valence-corrected chi connectivity index (χ3v) is 4.64. The summed E-state index contributed by atoms with van der Waals surface area (Å²) in [6.45, 7) is 13.8. The monoisotopic (exact) mass is 375 g/mol. The first-order valence-electron chi connectivity index (χ1n) is 10.4. The Kier molecular flexibility index (Phi) is 9.39. The molecule has 1 fully saturated rings. The lowest BCUT2D eigenvalue weighted by Crippen LogP contribution is -2.41. The normalized spacial score (nSPS) is 18.0. The van der Waals surface area contributed by atoms with Crippen molar-refractivity contribution in [2.75, 3.05) is 37.7 Å². The molecule has 152 valence electrons. The zero-order valence-corrected chi connectivity index (χ0v) is 17.5. The maximum atomic E-state index is 5.60. The summed E-state index contributed by atoms with van der Waals surface area (Å²) in [7, 11) is 0. The first-order valence-corrected chi connectivity index (χ1v) is 10.4. The molecule has 1 aromatic rings. The van der Waals surface area contributed by atoms with E-state index in [9.17, 15) is 0 Å². The van der Waals surface area contributed by atoms with Crippen LogP contribution in [0.5, 0.6) is 0 Å². The number of nitrogens with one attached hydrogen (secondary N) is 2. The third-order valence-electron chi connectivity index (χ3n) is 4.64. The molecule has 27 heavy (non-hydrogen) atoms. The highest BCUT2D eigenvalue weighted by Crippen LogP contribution is 2.15. The van der Waals surface area contributed by atoms with Gasteiger partial charge in [0.25, 0.3) is 0 Å². The second-order valence-electron chi connectivity index (χ2n) is 7.66. The number of hydrogen-bond donors (Lipinski definition) is 2. The lowest BCUT2D eigenvalue weighted by atomic mass is 10.1. The fourth-order valence-electron chi connectivity index (χ4n) is 3.12. The topological polar surface area (TPSA) is 61.8 Å². The molecule has 0 radical (unpaired) electrons. The first kappa shape index (κ1) is 21.5. The van der Waals surface area contributed by atoms with Crippen LogP contribution in [0.4, 0.5) is 5.82 Å². The van der Waals surface area contributed by atoms with Crippen LogP contribution in [-0.2, 0) is 11.3 Å².